The number of ether oxygens (including phenoxy) is 2. The highest BCUT2D eigenvalue weighted by Gasteiger charge is 2.44. The topological polar surface area (TPSA) is 149 Å². The average Bonchev–Trinajstić information content (AvgIpc) is 2.89. The van der Waals surface area contributed by atoms with Crippen molar-refractivity contribution in [3.8, 4) is 0 Å². The first-order valence-electron chi connectivity index (χ1n) is 13.7. The number of allylic oxidation sites excluding steroid dienone is 5. The predicted octanol–water partition coefficient (Wildman–Crippen LogP) is 2.26. The van der Waals surface area contributed by atoms with Crippen LogP contribution in [0.3, 0.4) is 0 Å². The smallest absolute Gasteiger partial charge is 0.220 e. The number of carbonyl (C=O) groups is 1. The summed E-state index contributed by atoms with van der Waals surface area (Å²) in [5.41, 5.74) is 0. The SMILES string of the molecule is CC/C=C/CC/C=C/CC/C=C/C(O)C(COC1OC(CO)C(O)C(O)C1O)NC(=O)CCCCCC. The van der Waals surface area contributed by atoms with Gasteiger partial charge in [-0.1, -0.05) is 69.6 Å². The molecule has 0 aromatic heterocycles. The number of unbranched alkanes of at least 4 members (excludes halogenated alkanes) is 5. The van der Waals surface area contributed by atoms with E-state index in [2.05, 4.69) is 43.5 Å². The number of carbonyl (C=O) groups excluding carboxylic acids is 1. The summed E-state index contributed by atoms with van der Waals surface area (Å²) < 4.78 is 11.0. The van der Waals surface area contributed by atoms with Crippen LogP contribution in [0.1, 0.15) is 78.1 Å². The number of aliphatic hydroxyl groups excluding tert-OH is 5. The Morgan fingerprint density at radius 3 is 2.19 bits per heavy atom. The lowest BCUT2D eigenvalue weighted by Crippen LogP contribution is -2.60. The van der Waals surface area contributed by atoms with E-state index in [1.54, 1.807) is 6.08 Å². The number of nitrogens with one attached hydrogen (secondary N) is 1. The van der Waals surface area contributed by atoms with Gasteiger partial charge in [-0.15, -0.1) is 0 Å². The largest absolute Gasteiger partial charge is 0.394 e. The highest BCUT2D eigenvalue weighted by atomic mass is 16.7. The van der Waals surface area contributed by atoms with Crippen LogP contribution >= 0.6 is 0 Å². The molecule has 0 radical (unpaired) electrons. The van der Waals surface area contributed by atoms with Crippen molar-refractivity contribution in [3.63, 3.8) is 0 Å². The molecule has 1 amide bonds. The summed E-state index contributed by atoms with van der Waals surface area (Å²) in [7, 11) is 0. The van der Waals surface area contributed by atoms with Gasteiger partial charge in [-0.25, -0.2) is 0 Å². The quantitative estimate of drug-likeness (QED) is 0.111. The number of rotatable bonds is 19. The van der Waals surface area contributed by atoms with E-state index in [1.807, 2.05) is 6.08 Å². The van der Waals surface area contributed by atoms with Crippen molar-refractivity contribution < 1.29 is 39.8 Å². The summed E-state index contributed by atoms with van der Waals surface area (Å²) in [4.78, 5) is 12.5. The molecule has 37 heavy (non-hydrogen) atoms. The fourth-order valence-corrected chi connectivity index (χ4v) is 3.90. The van der Waals surface area contributed by atoms with Gasteiger partial charge in [0.15, 0.2) is 6.29 Å². The Morgan fingerprint density at radius 2 is 1.57 bits per heavy atom. The lowest BCUT2D eigenvalue weighted by atomic mass is 9.99. The molecule has 0 aromatic rings. The maximum atomic E-state index is 12.5. The number of amides is 1. The van der Waals surface area contributed by atoms with E-state index < -0.39 is 49.5 Å². The van der Waals surface area contributed by atoms with Crippen LogP contribution in [0.25, 0.3) is 0 Å². The molecular weight excluding hydrogens is 478 g/mol. The maximum absolute atomic E-state index is 12.5. The Kier molecular flexibility index (Phi) is 18.4. The number of hydrogen-bond acceptors (Lipinski definition) is 8. The Bertz CT molecular complexity index is 681. The minimum absolute atomic E-state index is 0.208. The summed E-state index contributed by atoms with van der Waals surface area (Å²) in [5.74, 6) is -0.217. The minimum atomic E-state index is -1.57. The predicted molar refractivity (Wildman–Crippen MR) is 143 cm³/mol. The van der Waals surface area contributed by atoms with Gasteiger partial charge in [0.25, 0.3) is 0 Å². The first kappa shape index (κ1) is 33.4. The molecule has 0 aliphatic carbocycles. The summed E-state index contributed by atoms with van der Waals surface area (Å²) in [6.45, 7) is 3.42. The van der Waals surface area contributed by atoms with Gasteiger partial charge in [-0.2, -0.15) is 0 Å². The van der Waals surface area contributed by atoms with Gasteiger partial charge in [0.1, 0.15) is 24.4 Å². The molecule has 7 unspecified atom stereocenters. The highest BCUT2D eigenvalue weighted by Crippen LogP contribution is 2.22. The molecule has 0 bridgehead atoms. The van der Waals surface area contributed by atoms with Gasteiger partial charge in [-0.3, -0.25) is 4.79 Å². The van der Waals surface area contributed by atoms with Crippen LogP contribution in [0.4, 0.5) is 0 Å². The van der Waals surface area contributed by atoms with Crippen LogP contribution in [0.2, 0.25) is 0 Å². The van der Waals surface area contributed by atoms with Crippen LogP contribution < -0.4 is 5.32 Å². The Hall–Kier alpha value is -1.59. The van der Waals surface area contributed by atoms with Crippen molar-refractivity contribution in [3.05, 3.63) is 36.5 Å². The van der Waals surface area contributed by atoms with E-state index in [0.29, 0.717) is 6.42 Å². The first-order valence-corrected chi connectivity index (χ1v) is 13.7. The molecule has 9 heteroatoms. The van der Waals surface area contributed by atoms with E-state index in [-0.39, 0.29) is 12.5 Å². The average molecular weight is 528 g/mol. The molecule has 1 fully saturated rings. The molecule has 0 spiro atoms. The van der Waals surface area contributed by atoms with Crippen molar-refractivity contribution in [1.82, 2.24) is 5.32 Å². The summed E-state index contributed by atoms with van der Waals surface area (Å²) in [5, 5.41) is 53.0. The zero-order valence-corrected chi connectivity index (χ0v) is 22.5. The summed E-state index contributed by atoms with van der Waals surface area (Å²) >= 11 is 0. The third kappa shape index (κ3) is 13.7. The van der Waals surface area contributed by atoms with Gasteiger partial charge in [-0.05, 0) is 38.5 Å². The van der Waals surface area contributed by atoms with Crippen molar-refractivity contribution in [2.24, 2.45) is 0 Å². The van der Waals surface area contributed by atoms with Gasteiger partial charge < -0.3 is 40.3 Å². The third-order valence-corrected chi connectivity index (χ3v) is 6.21. The van der Waals surface area contributed by atoms with Crippen molar-refractivity contribution in [2.45, 2.75) is 121 Å². The second kappa shape index (κ2) is 20.4. The van der Waals surface area contributed by atoms with Crippen LogP contribution in [0.15, 0.2) is 36.5 Å². The van der Waals surface area contributed by atoms with E-state index in [0.717, 1.165) is 57.8 Å². The normalized spacial score (nSPS) is 26.3. The second-order valence-corrected chi connectivity index (χ2v) is 9.44. The molecule has 1 rings (SSSR count). The zero-order valence-electron chi connectivity index (χ0n) is 22.5. The van der Waals surface area contributed by atoms with Crippen LogP contribution in [-0.4, -0.2) is 87.5 Å². The van der Waals surface area contributed by atoms with E-state index in [4.69, 9.17) is 9.47 Å². The number of aliphatic hydroxyl groups is 5. The summed E-state index contributed by atoms with van der Waals surface area (Å²) in [6.07, 6.45) is 12.7. The third-order valence-electron chi connectivity index (χ3n) is 6.21. The Balaban J connectivity index is 2.66. The fraction of sp³-hybridized carbons (Fsp3) is 0.750. The molecule has 1 heterocycles. The molecular formula is C28H49NO8. The highest BCUT2D eigenvalue weighted by molar-refractivity contribution is 5.76. The minimum Gasteiger partial charge on any atom is -0.394 e. The zero-order chi connectivity index (χ0) is 27.5. The fourth-order valence-electron chi connectivity index (χ4n) is 3.90. The standard InChI is InChI=1S/C28H49NO8/c1-3-5-7-9-10-11-12-13-14-15-17-22(31)21(29-24(32)18-16-8-6-4-2)20-36-28-27(35)26(34)25(33)23(19-30)37-28/h5,7,11-12,15,17,21-23,25-28,30-31,33-35H,3-4,6,8-10,13-14,16,18-20H2,1-2H3,(H,29,32)/b7-5+,12-11+,17-15+. The van der Waals surface area contributed by atoms with Gasteiger partial charge in [0, 0.05) is 6.42 Å². The van der Waals surface area contributed by atoms with Crippen LogP contribution in [0.5, 0.6) is 0 Å². The first-order chi connectivity index (χ1) is 17.8. The molecule has 0 saturated carbocycles. The Labute approximate surface area is 221 Å². The molecule has 1 saturated heterocycles. The van der Waals surface area contributed by atoms with Gasteiger partial charge in [0.05, 0.1) is 25.4 Å². The molecule has 214 valence electrons. The molecule has 6 N–H and O–H groups in total. The van der Waals surface area contributed by atoms with Gasteiger partial charge >= 0.3 is 0 Å². The van der Waals surface area contributed by atoms with E-state index >= 15 is 0 Å². The Morgan fingerprint density at radius 1 is 0.919 bits per heavy atom. The lowest BCUT2D eigenvalue weighted by molar-refractivity contribution is -0.302. The van der Waals surface area contributed by atoms with Crippen molar-refractivity contribution >= 4 is 5.91 Å². The van der Waals surface area contributed by atoms with Crippen LogP contribution in [-0.2, 0) is 14.3 Å². The van der Waals surface area contributed by atoms with Crippen LogP contribution in [0, 0.1) is 0 Å². The monoisotopic (exact) mass is 527 g/mol. The maximum Gasteiger partial charge on any atom is 0.220 e. The lowest BCUT2D eigenvalue weighted by Gasteiger charge is -2.40. The second-order valence-electron chi connectivity index (χ2n) is 9.44. The molecule has 1 aliphatic heterocycles. The van der Waals surface area contributed by atoms with Crippen molar-refractivity contribution in [2.75, 3.05) is 13.2 Å². The van der Waals surface area contributed by atoms with Crippen molar-refractivity contribution in [1.29, 1.82) is 0 Å². The summed E-state index contributed by atoms with van der Waals surface area (Å²) in [6, 6.07) is -0.816. The van der Waals surface area contributed by atoms with Gasteiger partial charge in [0.2, 0.25) is 5.91 Å². The number of hydrogen-bond donors (Lipinski definition) is 6. The molecule has 9 nitrogen and oxygen atoms in total. The molecule has 1 aliphatic rings. The molecule has 0 aromatic carbocycles. The van der Waals surface area contributed by atoms with E-state index in [1.165, 1.54) is 0 Å². The van der Waals surface area contributed by atoms with E-state index in [9.17, 15) is 30.3 Å². The molecule has 7 atom stereocenters.